The Hall–Kier alpha value is -1.10. The molecule has 5 nitrogen and oxygen atoms in total. The quantitative estimate of drug-likeness (QED) is 0.795. The Morgan fingerprint density at radius 1 is 1.10 bits per heavy atom. The molecule has 118 valence electrons. The summed E-state index contributed by atoms with van der Waals surface area (Å²) in [7, 11) is 0. The summed E-state index contributed by atoms with van der Waals surface area (Å²) in [5.74, 6) is 0.783. The van der Waals surface area contributed by atoms with E-state index in [1.807, 2.05) is 0 Å². The Kier molecular flexibility index (Phi) is 4.20. The zero-order valence-corrected chi connectivity index (χ0v) is 13.1. The maximum atomic E-state index is 12.8. The van der Waals surface area contributed by atoms with Crippen molar-refractivity contribution in [2.75, 3.05) is 19.8 Å². The van der Waals surface area contributed by atoms with Crippen LogP contribution in [-0.4, -0.2) is 47.0 Å². The van der Waals surface area contributed by atoms with E-state index in [1.54, 1.807) is 0 Å². The highest BCUT2D eigenvalue weighted by molar-refractivity contribution is 6.07. The van der Waals surface area contributed by atoms with E-state index in [4.69, 9.17) is 0 Å². The van der Waals surface area contributed by atoms with Crippen molar-refractivity contribution in [2.45, 2.75) is 63.8 Å². The second-order valence-corrected chi connectivity index (χ2v) is 7.10. The van der Waals surface area contributed by atoms with Crippen LogP contribution in [0.4, 0.5) is 4.79 Å². The van der Waals surface area contributed by atoms with Gasteiger partial charge in [0.05, 0.1) is 6.67 Å². The highest BCUT2D eigenvalue weighted by atomic mass is 16.2. The molecule has 0 bridgehead atoms. The van der Waals surface area contributed by atoms with Crippen molar-refractivity contribution in [3.05, 3.63) is 0 Å². The number of carbonyl (C=O) groups excluding carboxylic acids is 2. The normalized spacial score (nSPS) is 28.0. The van der Waals surface area contributed by atoms with Crippen LogP contribution in [-0.2, 0) is 4.79 Å². The molecule has 0 atom stereocenters. The van der Waals surface area contributed by atoms with E-state index >= 15 is 0 Å². The second-order valence-electron chi connectivity index (χ2n) is 7.10. The van der Waals surface area contributed by atoms with Gasteiger partial charge in [0, 0.05) is 13.1 Å². The number of hydrogen-bond acceptors (Lipinski definition) is 3. The summed E-state index contributed by atoms with van der Waals surface area (Å²) in [5.41, 5.74) is -0.587. The zero-order valence-electron chi connectivity index (χ0n) is 13.1. The van der Waals surface area contributed by atoms with Crippen LogP contribution in [0, 0.1) is 5.92 Å². The molecule has 0 unspecified atom stereocenters. The van der Waals surface area contributed by atoms with Gasteiger partial charge < -0.3 is 5.32 Å². The van der Waals surface area contributed by atoms with Crippen molar-refractivity contribution in [1.29, 1.82) is 0 Å². The van der Waals surface area contributed by atoms with Gasteiger partial charge in [0.25, 0.3) is 5.91 Å². The first kappa shape index (κ1) is 14.8. The highest BCUT2D eigenvalue weighted by Gasteiger charge is 2.50. The number of rotatable bonds is 2. The third kappa shape index (κ3) is 2.93. The lowest BCUT2D eigenvalue weighted by molar-refractivity contribution is -0.133. The summed E-state index contributed by atoms with van der Waals surface area (Å²) < 4.78 is 0. The standard InChI is InChI=1S/C16H27N3O2/c1-13-6-10-18(11-7-13)12-19-14(20)16(17-15(19)21)8-4-2-3-5-9-16/h13H,2-12H2,1H3,(H,17,21). The Labute approximate surface area is 127 Å². The summed E-state index contributed by atoms with van der Waals surface area (Å²) in [4.78, 5) is 28.8. The molecule has 0 radical (unpaired) electrons. The molecule has 1 spiro atoms. The van der Waals surface area contributed by atoms with E-state index in [0.717, 1.165) is 57.5 Å². The van der Waals surface area contributed by atoms with Crippen LogP contribution >= 0.6 is 0 Å². The summed E-state index contributed by atoms with van der Waals surface area (Å²) in [6, 6.07) is -0.180. The van der Waals surface area contributed by atoms with Crippen LogP contribution in [0.25, 0.3) is 0 Å². The molecule has 2 heterocycles. The van der Waals surface area contributed by atoms with E-state index in [1.165, 1.54) is 17.7 Å². The fourth-order valence-electron chi connectivity index (χ4n) is 3.88. The first-order chi connectivity index (χ1) is 10.1. The van der Waals surface area contributed by atoms with Gasteiger partial charge in [-0.25, -0.2) is 9.69 Å². The van der Waals surface area contributed by atoms with Crippen LogP contribution in [0.15, 0.2) is 0 Å². The lowest BCUT2D eigenvalue weighted by Gasteiger charge is -2.32. The molecule has 3 amide bonds. The lowest BCUT2D eigenvalue weighted by atomic mass is 9.90. The first-order valence-corrected chi connectivity index (χ1v) is 8.47. The van der Waals surface area contributed by atoms with Crippen LogP contribution in [0.1, 0.15) is 58.3 Å². The summed E-state index contributed by atoms with van der Waals surface area (Å²) in [5, 5.41) is 3.02. The molecule has 2 saturated heterocycles. The predicted molar refractivity (Wildman–Crippen MR) is 80.6 cm³/mol. The first-order valence-electron chi connectivity index (χ1n) is 8.47. The Bertz CT molecular complexity index is 408. The average Bonchev–Trinajstić information content (AvgIpc) is 2.64. The molecule has 21 heavy (non-hydrogen) atoms. The van der Waals surface area contributed by atoms with Gasteiger partial charge in [-0.1, -0.05) is 32.6 Å². The molecular weight excluding hydrogens is 266 g/mol. The number of piperidine rings is 1. The minimum absolute atomic E-state index is 0.0213. The molecule has 3 aliphatic rings. The minimum atomic E-state index is -0.587. The number of nitrogens with zero attached hydrogens (tertiary/aromatic N) is 2. The Morgan fingerprint density at radius 2 is 1.71 bits per heavy atom. The molecule has 1 N–H and O–H groups in total. The smallest absolute Gasteiger partial charge is 0.323 e. The number of amides is 3. The molecule has 0 aromatic rings. The third-order valence-electron chi connectivity index (χ3n) is 5.42. The van der Waals surface area contributed by atoms with E-state index in [9.17, 15) is 9.59 Å². The van der Waals surface area contributed by atoms with Gasteiger partial charge in [-0.2, -0.15) is 0 Å². The van der Waals surface area contributed by atoms with Crippen LogP contribution in [0.5, 0.6) is 0 Å². The molecule has 2 aliphatic heterocycles. The molecule has 1 aliphatic carbocycles. The SMILES string of the molecule is CC1CCN(CN2C(=O)NC3(CCCCCC3)C2=O)CC1. The van der Waals surface area contributed by atoms with E-state index in [2.05, 4.69) is 17.1 Å². The Morgan fingerprint density at radius 3 is 2.33 bits per heavy atom. The van der Waals surface area contributed by atoms with Crippen molar-refractivity contribution < 1.29 is 9.59 Å². The van der Waals surface area contributed by atoms with Gasteiger partial charge in [0.1, 0.15) is 5.54 Å². The second kappa shape index (κ2) is 5.95. The van der Waals surface area contributed by atoms with Crippen molar-refractivity contribution in [1.82, 2.24) is 15.1 Å². The lowest BCUT2D eigenvalue weighted by Crippen LogP contribution is -2.48. The minimum Gasteiger partial charge on any atom is -0.323 e. The molecule has 3 fully saturated rings. The van der Waals surface area contributed by atoms with Crippen molar-refractivity contribution in [3.8, 4) is 0 Å². The monoisotopic (exact) mass is 293 g/mol. The number of likely N-dealkylation sites (tertiary alicyclic amines) is 1. The summed E-state index contributed by atoms with van der Waals surface area (Å²) in [6.45, 7) is 4.72. The van der Waals surface area contributed by atoms with Gasteiger partial charge in [0.2, 0.25) is 0 Å². The molecule has 0 aromatic carbocycles. The molecule has 1 saturated carbocycles. The van der Waals surface area contributed by atoms with Crippen LogP contribution < -0.4 is 5.32 Å². The van der Waals surface area contributed by atoms with Crippen molar-refractivity contribution in [2.24, 2.45) is 5.92 Å². The molecule has 5 heteroatoms. The number of urea groups is 1. The van der Waals surface area contributed by atoms with E-state index in [0.29, 0.717) is 6.67 Å². The number of nitrogens with one attached hydrogen (secondary N) is 1. The van der Waals surface area contributed by atoms with Gasteiger partial charge in [-0.15, -0.1) is 0 Å². The van der Waals surface area contributed by atoms with Gasteiger partial charge in [-0.3, -0.25) is 9.69 Å². The summed E-state index contributed by atoms with van der Waals surface area (Å²) >= 11 is 0. The van der Waals surface area contributed by atoms with E-state index in [-0.39, 0.29) is 11.9 Å². The van der Waals surface area contributed by atoms with Gasteiger partial charge in [0.15, 0.2) is 0 Å². The van der Waals surface area contributed by atoms with Crippen molar-refractivity contribution in [3.63, 3.8) is 0 Å². The fourth-order valence-corrected chi connectivity index (χ4v) is 3.88. The number of imide groups is 1. The maximum absolute atomic E-state index is 12.8. The summed E-state index contributed by atoms with van der Waals surface area (Å²) in [6.07, 6.45) is 8.38. The van der Waals surface area contributed by atoms with Crippen molar-refractivity contribution >= 4 is 11.9 Å². The molecule has 0 aromatic heterocycles. The van der Waals surface area contributed by atoms with E-state index < -0.39 is 5.54 Å². The zero-order chi connectivity index (χ0) is 14.9. The predicted octanol–water partition coefficient (Wildman–Crippen LogP) is 2.32. The third-order valence-corrected chi connectivity index (χ3v) is 5.42. The maximum Gasteiger partial charge on any atom is 0.326 e. The molecule has 3 rings (SSSR count). The van der Waals surface area contributed by atoms with Crippen LogP contribution in [0.2, 0.25) is 0 Å². The Balaban J connectivity index is 1.66. The highest BCUT2D eigenvalue weighted by Crippen LogP contribution is 2.33. The van der Waals surface area contributed by atoms with Gasteiger partial charge in [-0.05, 0) is 31.6 Å². The fraction of sp³-hybridized carbons (Fsp3) is 0.875. The topological polar surface area (TPSA) is 52.6 Å². The average molecular weight is 293 g/mol. The molecular formula is C16H27N3O2. The number of hydrogen-bond donors (Lipinski definition) is 1. The largest absolute Gasteiger partial charge is 0.326 e. The van der Waals surface area contributed by atoms with Gasteiger partial charge >= 0.3 is 6.03 Å². The number of carbonyl (C=O) groups is 2. The van der Waals surface area contributed by atoms with Crippen LogP contribution in [0.3, 0.4) is 0 Å².